The summed E-state index contributed by atoms with van der Waals surface area (Å²) in [6.45, 7) is 3.46. The molecule has 0 radical (unpaired) electrons. The molecule has 0 unspecified atom stereocenters. The Bertz CT molecular complexity index is 553. The predicted molar refractivity (Wildman–Crippen MR) is 72.8 cm³/mol. The van der Waals surface area contributed by atoms with Gasteiger partial charge in [0.1, 0.15) is 0 Å². The van der Waals surface area contributed by atoms with Crippen LogP contribution in [0.1, 0.15) is 18.1 Å². The van der Waals surface area contributed by atoms with E-state index in [1.165, 1.54) is 12.1 Å². The largest absolute Gasteiger partial charge is 0.487 e. The summed E-state index contributed by atoms with van der Waals surface area (Å²) in [5.74, 6) is -1.60. The number of nitro groups is 1. The van der Waals surface area contributed by atoms with Crippen LogP contribution in [0.3, 0.4) is 0 Å². The Morgan fingerprint density at radius 1 is 1.58 bits per heavy atom. The maximum atomic E-state index is 11.0. The number of carbonyl (C=O) groups is 1. The fourth-order valence-electron chi connectivity index (χ4n) is 1.48. The zero-order chi connectivity index (χ0) is 14.6. The topological polar surface area (TPSA) is 89.7 Å². The first kappa shape index (κ1) is 15.2. The number of aliphatic carboxylic acids is 1. The van der Waals surface area contributed by atoms with E-state index in [0.29, 0.717) is 10.0 Å². The lowest BCUT2D eigenvalue weighted by atomic mass is 10.1. The van der Waals surface area contributed by atoms with Gasteiger partial charge < -0.3 is 9.84 Å². The number of nitro benzene ring substituents is 1. The maximum Gasteiger partial charge on any atom is 0.371 e. The van der Waals surface area contributed by atoms with Crippen LogP contribution in [0.5, 0.6) is 0 Å². The Morgan fingerprint density at radius 3 is 2.68 bits per heavy atom. The molecule has 0 atom stereocenters. The molecule has 1 rings (SSSR count). The monoisotopic (exact) mass is 329 g/mol. The molecule has 0 aromatic heterocycles. The van der Waals surface area contributed by atoms with Crippen molar-refractivity contribution in [3.05, 3.63) is 43.6 Å². The van der Waals surface area contributed by atoms with Crippen LogP contribution in [0.2, 0.25) is 0 Å². The highest BCUT2D eigenvalue weighted by Crippen LogP contribution is 2.30. The van der Waals surface area contributed by atoms with Gasteiger partial charge in [-0.15, -0.1) is 0 Å². The van der Waals surface area contributed by atoms with E-state index in [9.17, 15) is 14.9 Å². The zero-order valence-electron chi connectivity index (χ0n) is 10.3. The van der Waals surface area contributed by atoms with Gasteiger partial charge in [-0.3, -0.25) is 10.1 Å². The van der Waals surface area contributed by atoms with E-state index in [0.717, 1.165) is 0 Å². The fraction of sp³-hybridized carbons (Fsp3) is 0.250. The average Bonchev–Trinajstić information content (AvgIpc) is 2.33. The summed E-state index contributed by atoms with van der Waals surface area (Å²) in [5, 5.41) is 19.9. The minimum atomic E-state index is -1.27. The van der Waals surface area contributed by atoms with Gasteiger partial charge in [0.25, 0.3) is 5.69 Å². The molecule has 0 saturated heterocycles. The molecular weight excluding hydrogens is 318 g/mol. The Hall–Kier alpha value is -1.89. The average molecular weight is 330 g/mol. The summed E-state index contributed by atoms with van der Waals surface area (Å²) in [6, 6.07) is 2.86. The molecule has 0 fully saturated rings. The molecule has 0 amide bonds. The van der Waals surface area contributed by atoms with Crippen molar-refractivity contribution in [2.75, 3.05) is 6.61 Å². The second-order valence-electron chi connectivity index (χ2n) is 3.61. The summed E-state index contributed by atoms with van der Waals surface area (Å²) in [7, 11) is 0. The third-order valence-corrected chi connectivity index (χ3v) is 3.27. The first-order chi connectivity index (χ1) is 8.88. The van der Waals surface area contributed by atoms with Crippen molar-refractivity contribution in [1.29, 1.82) is 0 Å². The van der Waals surface area contributed by atoms with E-state index >= 15 is 0 Å². The number of hydrogen-bond acceptors (Lipinski definition) is 4. The second kappa shape index (κ2) is 6.33. The van der Waals surface area contributed by atoms with Gasteiger partial charge in [0.05, 0.1) is 17.1 Å². The first-order valence-corrected chi connectivity index (χ1v) is 6.19. The normalized spacial score (nSPS) is 11.2. The minimum absolute atomic E-state index is 0.166. The molecule has 0 bridgehead atoms. The van der Waals surface area contributed by atoms with Gasteiger partial charge in [0, 0.05) is 16.6 Å². The molecule has 6 nitrogen and oxygen atoms in total. The number of rotatable bonds is 5. The zero-order valence-corrected chi connectivity index (χ0v) is 11.9. The molecule has 102 valence electrons. The molecule has 7 heteroatoms. The lowest BCUT2D eigenvalue weighted by Crippen LogP contribution is -2.05. The Morgan fingerprint density at radius 2 is 2.21 bits per heavy atom. The molecule has 0 saturated carbocycles. The summed E-state index contributed by atoms with van der Waals surface area (Å²) in [6.07, 6.45) is 1.17. The highest BCUT2D eigenvalue weighted by molar-refractivity contribution is 9.10. The van der Waals surface area contributed by atoms with Crippen LogP contribution in [0.4, 0.5) is 5.69 Å². The lowest BCUT2D eigenvalue weighted by molar-refractivity contribution is -0.385. The van der Waals surface area contributed by atoms with Crippen LogP contribution in [0.15, 0.2) is 22.4 Å². The molecule has 0 spiro atoms. The van der Waals surface area contributed by atoms with Crippen molar-refractivity contribution < 1.29 is 19.6 Å². The standard InChI is InChI=1S/C12H12BrNO5/c1-3-19-11(12(15)16)6-8-7(2)9(13)4-5-10(8)14(17)18/h4-6H,3H2,1-2H3,(H,15,16)/b11-6-. The van der Waals surface area contributed by atoms with Crippen LogP contribution in [0.25, 0.3) is 6.08 Å². The van der Waals surface area contributed by atoms with Crippen molar-refractivity contribution in [3.8, 4) is 0 Å². The highest BCUT2D eigenvalue weighted by Gasteiger charge is 2.19. The fourth-order valence-corrected chi connectivity index (χ4v) is 1.83. The van der Waals surface area contributed by atoms with E-state index in [2.05, 4.69) is 15.9 Å². The molecule has 1 N–H and O–H groups in total. The molecule has 0 aliphatic rings. The van der Waals surface area contributed by atoms with Crippen LogP contribution < -0.4 is 0 Å². The number of carboxylic acids is 1. The van der Waals surface area contributed by atoms with E-state index in [-0.39, 0.29) is 23.6 Å². The number of nitrogens with zero attached hydrogens (tertiary/aromatic N) is 1. The van der Waals surface area contributed by atoms with E-state index in [4.69, 9.17) is 9.84 Å². The van der Waals surface area contributed by atoms with Crippen molar-refractivity contribution in [2.45, 2.75) is 13.8 Å². The van der Waals surface area contributed by atoms with Crippen LogP contribution in [-0.2, 0) is 9.53 Å². The maximum absolute atomic E-state index is 11.0. The number of ether oxygens (including phenoxy) is 1. The van der Waals surface area contributed by atoms with Gasteiger partial charge >= 0.3 is 5.97 Å². The number of benzene rings is 1. The summed E-state index contributed by atoms with van der Waals surface area (Å²) in [4.78, 5) is 21.4. The van der Waals surface area contributed by atoms with Crippen LogP contribution >= 0.6 is 15.9 Å². The lowest BCUT2D eigenvalue weighted by Gasteiger charge is -2.07. The van der Waals surface area contributed by atoms with Crippen molar-refractivity contribution in [1.82, 2.24) is 0 Å². The molecule has 0 aliphatic carbocycles. The first-order valence-electron chi connectivity index (χ1n) is 5.39. The smallest absolute Gasteiger partial charge is 0.371 e. The summed E-state index contributed by atoms with van der Waals surface area (Å²) >= 11 is 3.26. The predicted octanol–water partition coefficient (Wildman–Crippen LogP) is 3.13. The minimum Gasteiger partial charge on any atom is -0.487 e. The third-order valence-electron chi connectivity index (χ3n) is 2.41. The van der Waals surface area contributed by atoms with Crippen molar-refractivity contribution in [2.24, 2.45) is 0 Å². The molecular formula is C12H12BrNO5. The Labute approximate surface area is 118 Å². The quantitative estimate of drug-likeness (QED) is 0.388. The number of halogens is 1. The van der Waals surface area contributed by atoms with Gasteiger partial charge in [0.15, 0.2) is 0 Å². The van der Waals surface area contributed by atoms with E-state index < -0.39 is 10.9 Å². The second-order valence-corrected chi connectivity index (χ2v) is 4.46. The highest BCUT2D eigenvalue weighted by atomic mass is 79.9. The summed E-state index contributed by atoms with van der Waals surface area (Å²) in [5.41, 5.74) is 0.622. The van der Waals surface area contributed by atoms with Gasteiger partial charge in [-0.2, -0.15) is 0 Å². The molecule has 19 heavy (non-hydrogen) atoms. The van der Waals surface area contributed by atoms with E-state index in [1.807, 2.05) is 0 Å². The van der Waals surface area contributed by atoms with Gasteiger partial charge in [-0.1, -0.05) is 15.9 Å². The Kier molecular flexibility index (Phi) is 5.05. The van der Waals surface area contributed by atoms with Crippen molar-refractivity contribution >= 4 is 33.7 Å². The van der Waals surface area contributed by atoms with Crippen LogP contribution in [0, 0.1) is 17.0 Å². The SMILES string of the molecule is CCO/C(=C\c1c([N+](=O)[O-])ccc(Br)c1C)C(=O)O. The molecule has 0 heterocycles. The molecule has 0 aliphatic heterocycles. The number of hydrogen-bond donors (Lipinski definition) is 1. The van der Waals surface area contributed by atoms with Gasteiger partial charge in [-0.25, -0.2) is 4.79 Å². The third kappa shape index (κ3) is 3.54. The number of carboxylic acid groups (broad SMARTS) is 1. The van der Waals surface area contributed by atoms with Crippen molar-refractivity contribution in [3.63, 3.8) is 0 Å². The molecule has 1 aromatic carbocycles. The Balaban J connectivity index is 3.46. The van der Waals surface area contributed by atoms with Crippen LogP contribution in [-0.4, -0.2) is 22.6 Å². The van der Waals surface area contributed by atoms with Gasteiger partial charge in [-0.05, 0) is 25.5 Å². The summed E-state index contributed by atoms with van der Waals surface area (Å²) < 4.78 is 5.62. The van der Waals surface area contributed by atoms with Gasteiger partial charge in [0.2, 0.25) is 5.76 Å². The van der Waals surface area contributed by atoms with E-state index in [1.54, 1.807) is 19.9 Å². The molecule has 1 aromatic rings.